The van der Waals surface area contributed by atoms with Gasteiger partial charge >= 0.3 is 5.97 Å². The minimum Gasteiger partial charge on any atom is -0.462 e. The lowest BCUT2D eigenvalue weighted by Crippen LogP contribution is -2.36. The summed E-state index contributed by atoms with van der Waals surface area (Å²) in [5, 5.41) is 13.5. The first-order valence-electron chi connectivity index (χ1n) is 12.9. The van der Waals surface area contributed by atoms with Gasteiger partial charge in [0.2, 0.25) is 5.91 Å². The molecule has 3 amide bonds. The lowest BCUT2D eigenvalue weighted by molar-refractivity contribution is -0.385. The van der Waals surface area contributed by atoms with E-state index in [9.17, 15) is 29.3 Å². The van der Waals surface area contributed by atoms with Gasteiger partial charge in [-0.3, -0.25) is 29.4 Å². The molecule has 3 aromatic rings. The molecule has 1 N–H and O–H groups in total. The molecule has 0 saturated carbocycles. The van der Waals surface area contributed by atoms with Crippen molar-refractivity contribution in [2.45, 2.75) is 33.6 Å². The van der Waals surface area contributed by atoms with E-state index in [1.165, 1.54) is 30.3 Å². The molecule has 42 heavy (non-hydrogen) atoms. The second-order valence-corrected chi connectivity index (χ2v) is 10.8. The molecule has 0 bridgehead atoms. The number of amides is 3. The zero-order valence-corrected chi connectivity index (χ0v) is 24.5. The molecular formula is C29H26ClN3O8S. The number of esters is 1. The van der Waals surface area contributed by atoms with Crippen LogP contribution in [0.4, 0.5) is 16.2 Å². The number of carbonyl (C=O) groups is 4. The van der Waals surface area contributed by atoms with Crippen molar-refractivity contribution in [2.24, 2.45) is 0 Å². The van der Waals surface area contributed by atoms with E-state index < -0.39 is 34.5 Å². The number of nitrogens with one attached hydrogen (secondary N) is 1. The summed E-state index contributed by atoms with van der Waals surface area (Å²) in [7, 11) is 0. The third-order valence-corrected chi connectivity index (χ3v) is 7.63. The van der Waals surface area contributed by atoms with Crippen LogP contribution in [0, 0.1) is 24.0 Å². The lowest BCUT2D eigenvalue weighted by atomic mass is 10.0. The zero-order valence-electron chi connectivity index (χ0n) is 22.9. The molecule has 0 aliphatic carbocycles. The predicted octanol–water partition coefficient (Wildman–Crippen LogP) is 6.76. The Morgan fingerprint density at radius 2 is 1.93 bits per heavy atom. The molecule has 0 unspecified atom stereocenters. The topological polar surface area (TPSA) is 149 Å². The number of halogens is 1. The van der Waals surface area contributed by atoms with E-state index in [-0.39, 0.29) is 39.2 Å². The average molecular weight is 612 g/mol. The number of carbonyl (C=O) groups excluding carboxylic acids is 4. The number of benzene rings is 2. The fourth-order valence-electron chi connectivity index (χ4n) is 4.01. The standard InChI is InChI=1S/C29H26ClN3O8S/c1-4-5-10-40-28(36)21-13-19(6-8-22(21)30)31-26(34)15-32-27(35)25(42-29(32)37)14-20-7-9-24(41-20)18-11-16(2)17(3)23(12-18)33(38)39/h6-9,11-14H,4-5,10,15H2,1-3H3,(H,31,34)/b25-14+. The monoisotopic (exact) mass is 611 g/mol. The van der Waals surface area contributed by atoms with Gasteiger partial charge in [0, 0.05) is 29.0 Å². The number of rotatable bonds is 10. The highest BCUT2D eigenvalue weighted by atomic mass is 35.5. The Bertz CT molecular complexity index is 1630. The van der Waals surface area contributed by atoms with Gasteiger partial charge in [0.25, 0.3) is 16.8 Å². The van der Waals surface area contributed by atoms with Crippen molar-refractivity contribution in [1.82, 2.24) is 4.90 Å². The molecule has 11 nitrogen and oxygen atoms in total. The quantitative estimate of drug-likeness (QED) is 0.0862. The molecule has 13 heteroatoms. The smallest absolute Gasteiger partial charge is 0.339 e. The SMILES string of the molecule is CCCCOC(=O)c1cc(NC(=O)CN2C(=O)S/C(=C/c3ccc(-c4cc(C)c(C)c([N+](=O)[O-])c4)o3)C2=O)ccc1Cl. The number of hydrogen-bond donors (Lipinski definition) is 1. The van der Waals surface area contributed by atoms with Crippen LogP contribution in [-0.2, 0) is 14.3 Å². The van der Waals surface area contributed by atoms with Gasteiger partial charge in [-0.1, -0.05) is 24.9 Å². The number of nitro groups is 1. The average Bonchev–Trinajstić information content (AvgIpc) is 3.51. The van der Waals surface area contributed by atoms with Gasteiger partial charge in [0.15, 0.2) is 0 Å². The number of imide groups is 1. The highest BCUT2D eigenvalue weighted by Gasteiger charge is 2.36. The van der Waals surface area contributed by atoms with E-state index in [2.05, 4.69) is 5.32 Å². The third-order valence-electron chi connectivity index (χ3n) is 6.40. The van der Waals surface area contributed by atoms with E-state index in [4.69, 9.17) is 20.8 Å². The summed E-state index contributed by atoms with van der Waals surface area (Å²) in [6.07, 6.45) is 2.92. The first-order valence-corrected chi connectivity index (χ1v) is 14.1. The number of unbranched alkanes of at least 4 members (excludes halogenated alkanes) is 1. The Labute approximate surface area is 250 Å². The summed E-state index contributed by atoms with van der Waals surface area (Å²) in [6.45, 7) is 5.07. The van der Waals surface area contributed by atoms with Crippen LogP contribution in [0.2, 0.25) is 5.02 Å². The first kappa shape index (κ1) is 30.5. The normalized spacial score (nSPS) is 14.0. The molecule has 0 radical (unpaired) electrons. The molecule has 1 aliphatic heterocycles. The van der Waals surface area contributed by atoms with Gasteiger partial charge in [0.05, 0.1) is 27.0 Å². The zero-order chi connectivity index (χ0) is 30.6. The van der Waals surface area contributed by atoms with Crippen LogP contribution < -0.4 is 5.32 Å². The maximum atomic E-state index is 12.9. The van der Waals surface area contributed by atoms with Crippen molar-refractivity contribution in [1.29, 1.82) is 0 Å². The van der Waals surface area contributed by atoms with Crippen LogP contribution in [0.25, 0.3) is 17.4 Å². The number of aryl methyl sites for hydroxylation is 1. The predicted molar refractivity (Wildman–Crippen MR) is 158 cm³/mol. The minimum absolute atomic E-state index is 0.0379. The summed E-state index contributed by atoms with van der Waals surface area (Å²) in [5.41, 5.74) is 2.04. The summed E-state index contributed by atoms with van der Waals surface area (Å²) < 4.78 is 11.0. The molecule has 1 aromatic heterocycles. The molecule has 1 fully saturated rings. The highest BCUT2D eigenvalue weighted by molar-refractivity contribution is 8.18. The molecule has 1 saturated heterocycles. The Hall–Kier alpha value is -4.42. The number of thioether (sulfide) groups is 1. The number of nitro benzene ring substituents is 1. The summed E-state index contributed by atoms with van der Waals surface area (Å²) >= 11 is 6.76. The number of anilines is 1. The van der Waals surface area contributed by atoms with Crippen LogP contribution in [0.3, 0.4) is 0 Å². The van der Waals surface area contributed by atoms with Gasteiger partial charge in [-0.15, -0.1) is 0 Å². The minimum atomic E-state index is -0.684. The number of furan rings is 1. The van der Waals surface area contributed by atoms with Gasteiger partial charge in [-0.05, 0) is 74.0 Å². The summed E-state index contributed by atoms with van der Waals surface area (Å²) in [4.78, 5) is 62.3. The molecule has 2 aromatic carbocycles. The van der Waals surface area contributed by atoms with Crippen molar-refractivity contribution in [3.05, 3.63) is 85.0 Å². The largest absolute Gasteiger partial charge is 0.462 e. The van der Waals surface area contributed by atoms with Crippen molar-refractivity contribution in [2.75, 3.05) is 18.5 Å². The maximum absolute atomic E-state index is 12.9. The van der Waals surface area contributed by atoms with E-state index in [0.29, 0.717) is 35.1 Å². The lowest BCUT2D eigenvalue weighted by Gasteiger charge is -2.13. The molecule has 4 rings (SSSR count). The fraction of sp³-hybridized carbons (Fsp3) is 0.241. The molecule has 1 aliphatic rings. The van der Waals surface area contributed by atoms with Gasteiger partial charge in [0.1, 0.15) is 18.1 Å². The Morgan fingerprint density at radius 3 is 2.64 bits per heavy atom. The van der Waals surface area contributed by atoms with Crippen LogP contribution >= 0.6 is 23.4 Å². The number of hydrogen-bond acceptors (Lipinski definition) is 9. The van der Waals surface area contributed by atoms with Crippen molar-refractivity contribution in [3.8, 4) is 11.3 Å². The van der Waals surface area contributed by atoms with Crippen molar-refractivity contribution < 1.29 is 33.3 Å². The fourth-order valence-corrected chi connectivity index (χ4v) is 5.03. The van der Waals surface area contributed by atoms with Crippen LogP contribution in [-0.4, -0.2) is 46.0 Å². The van der Waals surface area contributed by atoms with Crippen molar-refractivity contribution in [3.63, 3.8) is 0 Å². The highest BCUT2D eigenvalue weighted by Crippen LogP contribution is 2.35. The Kier molecular flexibility index (Phi) is 9.48. The molecule has 0 spiro atoms. The van der Waals surface area contributed by atoms with Gasteiger partial charge in [-0.25, -0.2) is 4.79 Å². The summed E-state index contributed by atoms with van der Waals surface area (Å²) in [6, 6.07) is 10.6. The van der Waals surface area contributed by atoms with E-state index >= 15 is 0 Å². The number of nitrogens with zero attached hydrogens (tertiary/aromatic N) is 2. The Morgan fingerprint density at radius 1 is 1.17 bits per heavy atom. The van der Waals surface area contributed by atoms with Gasteiger partial charge in [-0.2, -0.15) is 0 Å². The summed E-state index contributed by atoms with van der Waals surface area (Å²) in [5.74, 6) is -1.38. The maximum Gasteiger partial charge on any atom is 0.339 e. The Balaban J connectivity index is 1.44. The van der Waals surface area contributed by atoms with Crippen molar-refractivity contribution >= 4 is 63.8 Å². The molecule has 2 heterocycles. The third kappa shape index (κ3) is 6.89. The van der Waals surface area contributed by atoms with Crippen LogP contribution in [0.15, 0.2) is 51.8 Å². The second-order valence-electron chi connectivity index (χ2n) is 9.40. The molecular weight excluding hydrogens is 586 g/mol. The van der Waals surface area contributed by atoms with E-state index in [0.717, 1.165) is 16.9 Å². The first-order chi connectivity index (χ1) is 20.0. The van der Waals surface area contributed by atoms with Crippen LogP contribution in [0.1, 0.15) is 47.0 Å². The van der Waals surface area contributed by atoms with E-state index in [1.54, 1.807) is 32.0 Å². The second kappa shape index (κ2) is 13.0. The molecule has 218 valence electrons. The van der Waals surface area contributed by atoms with Gasteiger partial charge < -0.3 is 14.5 Å². The number of ether oxygens (including phenoxy) is 1. The molecule has 0 atom stereocenters. The van der Waals surface area contributed by atoms with E-state index in [1.807, 2.05) is 6.92 Å². The van der Waals surface area contributed by atoms with Crippen LogP contribution in [0.5, 0.6) is 0 Å².